The molecule has 0 spiro atoms. The summed E-state index contributed by atoms with van der Waals surface area (Å²) in [7, 11) is -3.76. The third-order valence-corrected chi connectivity index (χ3v) is 6.54. The van der Waals surface area contributed by atoms with Crippen LogP contribution in [0, 0.1) is 13.8 Å². The molecule has 3 aromatic carbocycles. The molecule has 3 rings (SSSR count). The van der Waals surface area contributed by atoms with Gasteiger partial charge >= 0.3 is 0 Å². The number of nitrogens with one attached hydrogen (secondary N) is 2. The number of ether oxygens (including phenoxy) is 1. The van der Waals surface area contributed by atoms with Crippen molar-refractivity contribution in [3.63, 3.8) is 0 Å². The Morgan fingerprint density at radius 3 is 2.19 bits per heavy atom. The van der Waals surface area contributed by atoms with E-state index in [1.807, 2.05) is 63.2 Å². The smallest absolute Gasteiger partial charge is 0.265 e. The van der Waals surface area contributed by atoms with Crippen molar-refractivity contribution >= 4 is 27.3 Å². The number of amides is 1. The molecule has 0 aliphatic heterocycles. The predicted octanol–water partition coefficient (Wildman–Crippen LogP) is 5.07. The number of hydrogen-bond acceptors (Lipinski definition) is 4. The second kappa shape index (κ2) is 9.87. The predicted molar refractivity (Wildman–Crippen MR) is 128 cm³/mol. The third kappa shape index (κ3) is 5.48. The highest BCUT2D eigenvalue weighted by Gasteiger charge is 2.19. The molecule has 0 saturated heterocycles. The van der Waals surface area contributed by atoms with Gasteiger partial charge in [-0.2, -0.15) is 0 Å². The normalized spacial score (nSPS) is 12.1. The molecule has 7 heteroatoms. The number of rotatable bonds is 8. The Hall–Kier alpha value is -3.32. The van der Waals surface area contributed by atoms with E-state index < -0.39 is 16.1 Å². The fourth-order valence-corrected chi connectivity index (χ4v) is 4.49. The first kappa shape index (κ1) is 23.3. The summed E-state index contributed by atoms with van der Waals surface area (Å²) in [5.41, 5.74) is 3.77. The quantitative estimate of drug-likeness (QED) is 0.500. The molecule has 1 atom stereocenters. The molecule has 168 valence electrons. The number of para-hydroxylation sites is 2. The summed E-state index contributed by atoms with van der Waals surface area (Å²) in [4.78, 5) is 12.7. The van der Waals surface area contributed by atoms with E-state index >= 15 is 0 Å². The molecule has 0 aliphatic carbocycles. The fraction of sp³-hybridized carbons (Fsp3) is 0.240. The Balaban J connectivity index is 1.68. The van der Waals surface area contributed by atoms with Gasteiger partial charge in [0.05, 0.1) is 10.6 Å². The van der Waals surface area contributed by atoms with Crippen LogP contribution in [0.5, 0.6) is 5.75 Å². The number of carbonyl (C=O) groups excluding carboxylic acids is 1. The van der Waals surface area contributed by atoms with E-state index in [0.29, 0.717) is 17.1 Å². The Labute approximate surface area is 189 Å². The van der Waals surface area contributed by atoms with Gasteiger partial charge < -0.3 is 10.1 Å². The summed E-state index contributed by atoms with van der Waals surface area (Å²) in [6.45, 7) is 7.41. The molecule has 3 aromatic rings. The molecule has 0 aromatic heterocycles. The number of sulfonamides is 1. The lowest BCUT2D eigenvalue weighted by atomic mass is 10.1. The zero-order valence-corrected chi connectivity index (χ0v) is 19.5. The van der Waals surface area contributed by atoms with Crippen LogP contribution in [0.15, 0.2) is 71.6 Å². The van der Waals surface area contributed by atoms with Crippen LogP contribution >= 0.6 is 0 Å². The van der Waals surface area contributed by atoms with Crippen molar-refractivity contribution in [2.24, 2.45) is 0 Å². The van der Waals surface area contributed by atoms with Crippen LogP contribution in [0.4, 0.5) is 11.4 Å². The molecule has 2 N–H and O–H groups in total. The first-order valence-electron chi connectivity index (χ1n) is 10.5. The van der Waals surface area contributed by atoms with Gasteiger partial charge in [-0.15, -0.1) is 0 Å². The van der Waals surface area contributed by atoms with Crippen molar-refractivity contribution in [3.8, 4) is 5.75 Å². The maximum Gasteiger partial charge on any atom is 0.265 e. The van der Waals surface area contributed by atoms with Gasteiger partial charge in [-0.25, -0.2) is 8.42 Å². The molecule has 0 unspecified atom stereocenters. The second-order valence-corrected chi connectivity index (χ2v) is 9.29. The molecule has 0 radical (unpaired) electrons. The molecule has 32 heavy (non-hydrogen) atoms. The summed E-state index contributed by atoms with van der Waals surface area (Å²) < 4.78 is 34.1. The van der Waals surface area contributed by atoms with Crippen LogP contribution in [0.1, 0.15) is 30.5 Å². The van der Waals surface area contributed by atoms with Crippen molar-refractivity contribution in [1.29, 1.82) is 0 Å². The largest absolute Gasteiger partial charge is 0.481 e. The van der Waals surface area contributed by atoms with Gasteiger partial charge in [-0.3, -0.25) is 9.52 Å². The molecule has 1 amide bonds. The minimum Gasteiger partial charge on any atom is -0.481 e. The van der Waals surface area contributed by atoms with Crippen molar-refractivity contribution in [2.45, 2.75) is 45.1 Å². The number of anilines is 2. The molecule has 0 heterocycles. The van der Waals surface area contributed by atoms with E-state index in [4.69, 9.17) is 4.74 Å². The van der Waals surface area contributed by atoms with Crippen LogP contribution < -0.4 is 14.8 Å². The van der Waals surface area contributed by atoms with Crippen LogP contribution in [-0.2, 0) is 21.2 Å². The maximum atomic E-state index is 12.8. The standard InChI is InChI=1S/C25H28N2O4S/c1-5-20-11-6-7-12-23(20)31-19(4)25(28)26-21-13-15-22(16-14-21)32(29,30)27-24-17(2)9-8-10-18(24)3/h6-16,19,27H,5H2,1-4H3,(H,26,28)/t19-/m1/s1. The minimum absolute atomic E-state index is 0.110. The molecule has 0 bridgehead atoms. The van der Waals surface area contributed by atoms with E-state index in [1.165, 1.54) is 12.1 Å². The fourth-order valence-electron chi connectivity index (χ4n) is 3.28. The van der Waals surface area contributed by atoms with Gasteiger partial charge in [0.25, 0.3) is 15.9 Å². The summed E-state index contributed by atoms with van der Waals surface area (Å²) in [5.74, 6) is 0.358. The van der Waals surface area contributed by atoms with E-state index in [2.05, 4.69) is 10.0 Å². The summed E-state index contributed by atoms with van der Waals surface area (Å²) in [6, 6.07) is 19.2. The van der Waals surface area contributed by atoms with Gasteiger partial charge in [0.1, 0.15) is 5.75 Å². The van der Waals surface area contributed by atoms with E-state index in [9.17, 15) is 13.2 Å². The zero-order chi connectivity index (χ0) is 23.3. The van der Waals surface area contributed by atoms with E-state index in [0.717, 1.165) is 23.1 Å². The lowest BCUT2D eigenvalue weighted by molar-refractivity contribution is -0.122. The molecular weight excluding hydrogens is 424 g/mol. The first-order chi connectivity index (χ1) is 15.2. The molecule has 0 saturated carbocycles. The first-order valence-corrected chi connectivity index (χ1v) is 11.9. The van der Waals surface area contributed by atoms with E-state index in [-0.39, 0.29) is 10.8 Å². The highest BCUT2D eigenvalue weighted by molar-refractivity contribution is 7.92. The van der Waals surface area contributed by atoms with Crippen molar-refractivity contribution < 1.29 is 17.9 Å². The topological polar surface area (TPSA) is 84.5 Å². The number of hydrogen-bond donors (Lipinski definition) is 2. The summed E-state index contributed by atoms with van der Waals surface area (Å²) >= 11 is 0. The summed E-state index contributed by atoms with van der Waals surface area (Å²) in [5, 5.41) is 2.77. The van der Waals surface area contributed by atoms with Crippen LogP contribution in [0.3, 0.4) is 0 Å². The second-order valence-electron chi connectivity index (χ2n) is 7.61. The number of aryl methyl sites for hydroxylation is 3. The van der Waals surface area contributed by atoms with Crippen LogP contribution in [0.25, 0.3) is 0 Å². The maximum absolute atomic E-state index is 12.8. The van der Waals surface area contributed by atoms with Crippen molar-refractivity contribution in [3.05, 3.63) is 83.4 Å². The summed E-state index contributed by atoms with van der Waals surface area (Å²) in [6.07, 6.45) is 0.0908. The SMILES string of the molecule is CCc1ccccc1O[C@H](C)C(=O)Nc1ccc(S(=O)(=O)Nc2c(C)cccc2C)cc1. The van der Waals surface area contributed by atoms with Crippen LogP contribution in [0.2, 0.25) is 0 Å². The van der Waals surface area contributed by atoms with Crippen molar-refractivity contribution in [2.75, 3.05) is 10.0 Å². The Kier molecular flexibility index (Phi) is 7.20. The lowest BCUT2D eigenvalue weighted by Gasteiger charge is -2.17. The Morgan fingerprint density at radius 1 is 0.938 bits per heavy atom. The zero-order valence-electron chi connectivity index (χ0n) is 18.7. The average molecular weight is 453 g/mol. The van der Waals surface area contributed by atoms with Gasteiger partial charge in [0.15, 0.2) is 6.10 Å². The van der Waals surface area contributed by atoms with Gasteiger partial charge in [0.2, 0.25) is 0 Å². The average Bonchev–Trinajstić information content (AvgIpc) is 2.77. The van der Waals surface area contributed by atoms with Gasteiger partial charge in [-0.05, 0) is 74.2 Å². The minimum atomic E-state index is -3.76. The molecule has 6 nitrogen and oxygen atoms in total. The van der Waals surface area contributed by atoms with Crippen molar-refractivity contribution in [1.82, 2.24) is 0 Å². The van der Waals surface area contributed by atoms with Crippen LogP contribution in [-0.4, -0.2) is 20.4 Å². The Bertz CT molecular complexity index is 1180. The van der Waals surface area contributed by atoms with Gasteiger partial charge in [-0.1, -0.05) is 43.3 Å². The molecular formula is C25H28N2O4S. The highest BCUT2D eigenvalue weighted by Crippen LogP contribution is 2.24. The monoisotopic (exact) mass is 452 g/mol. The molecule has 0 aliphatic rings. The highest BCUT2D eigenvalue weighted by atomic mass is 32.2. The van der Waals surface area contributed by atoms with E-state index in [1.54, 1.807) is 19.1 Å². The van der Waals surface area contributed by atoms with Gasteiger partial charge in [0, 0.05) is 5.69 Å². The number of carbonyl (C=O) groups is 1. The third-order valence-electron chi connectivity index (χ3n) is 5.18. The Morgan fingerprint density at radius 2 is 1.56 bits per heavy atom. The molecule has 0 fully saturated rings. The lowest BCUT2D eigenvalue weighted by Crippen LogP contribution is -2.30. The number of benzene rings is 3.